The van der Waals surface area contributed by atoms with Gasteiger partial charge in [-0.25, -0.2) is 0 Å². The molecule has 3 aromatic rings. The summed E-state index contributed by atoms with van der Waals surface area (Å²) >= 11 is 4.27. The van der Waals surface area contributed by atoms with Crippen molar-refractivity contribution < 1.29 is 24.0 Å². The minimum absolute atomic E-state index is 0.00316. The summed E-state index contributed by atoms with van der Waals surface area (Å²) in [4.78, 5) is 37.4. The number of nitrogens with zero attached hydrogens (tertiary/aromatic N) is 3. The van der Waals surface area contributed by atoms with Gasteiger partial charge in [0.2, 0.25) is 0 Å². The molecule has 0 bridgehead atoms. The largest absolute Gasteiger partial charge is 0.493 e. The van der Waals surface area contributed by atoms with Gasteiger partial charge < -0.3 is 9.47 Å². The highest BCUT2D eigenvalue weighted by Crippen LogP contribution is 2.40. The number of amides is 2. The molecule has 0 unspecified atom stereocenters. The molecule has 1 saturated heterocycles. The number of carbonyl (C=O) groups is 2. The molecule has 9 nitrogen and oxygen atoms in total. The van der Waals surface area contributed by atoms with Crippen LogP contribution in [0.4, 0.5) is 10.5 Å². The molecule has 4 rings (SSSR count). The predicted octanol–water partition coefficient (Wildman–Crippen LogP) is 6.05. The lowest BCUT2D eigenvalue weighted by Crippen LogP contribution is -2.27. The van der Waals surface area contributed by atoms with Gasteiger partial charge in [-0.1, -0.05) is 30.3 Å². The Morgan fingerprint density at radius 3 is 2.68 bits per heavy atom. The smallest absolute Gasteiger partial charge is 0.293 e. The van der Waals surface area contributed by atoms with Gasteiger partial charge in [0.15, 0.2) is 11.5 Å². The molecule has 3 aromatic carbocycles. The van der Waals surface area contributed by atoms with Crippen molar-refractivity contribution in [3.63, 3.8) is 0 Å². The third-order valence-electron chi connectivity index (χ3n) is 5.39. The van der Waals surface area contributed by atoms with Crippen molar-refractivity contribution in [3.05, 3.63) is 102 Å². The lowest BCUT2D eigenvalue weighted by Gasteiger charge is -2.14. The number of nitro benzene ring substituents is 1. The van der Waals surface area contributed by atoms with Crippen LogP contribution in [0.1, 0.15) is 22.3 Å². The summed E-state index contributed by atoms with van der Waals surface area (Å²) in [5.74, 6) is 0.296. The number of benzene rings is 3. The number of non-ortho nitro benzene ring substituents is 1. The van der Waals surface area contributed by atoms with Crippen LogP contribution in [-0.2, 0) is 17.9 Å². The zero-order chi connectivity index (χ0) is 26.5. The van der Waals surface area contributed by atoms with E-state index in [4.69, 9.17) is 9.47 Å². The predicted molar refractivity (Wildman–Crippen MR) is 141 cm³/mol. The molecule has 2 amide bonds. The van der Waals surface area contributed by atoms with Crippen molar-refractivity contribution in [1.29, 1.82) is 5.26 Å². The molecule has 0 saturated carbocycles. The Balaban J connectivity index is 1.54. The van der Waals surface area contributed by atoms with Crippen molar-refractivity contribution >= 4 is 50.6 Å². The van der Waals surface area contributed by atoms with Gasteiger partial charge in [0.25, 0.3) is 16.8 Å². The van der Waals surface area contributed by atoms with Crippen LogP contribution in [-0.4, -0.2) is 28.1 Å². The van der Waals surface area contributed by atoms with Crippen LogP contribution in [0.25, 0.3) is 6.08 Å². The molecule has 37 heavy (non-hydrogen) atoms. The minimum atomic E-state index is -0.473. The molecule has 0 N–H and O–H groups in total. The molecular formula is C26H18BrN3O6S. The second-order valence-corrected chi connectivity index (χ2v) is 9.63. The molecule has 11 heteroatoms. The lowest BCUT2D eigenvalue weighted by atomic mass is 10.1. The maximum atomic E-state index is 13.0. The maximum Gasteiger partial charge on any atom is 0.293 e. The van der Waals surface area contributed by atoms with E-state index in [1.54, 1.807) is 54.6 Å². The zero-order valence-corrected chi connectivity index (χ0v) is 21.7. The van der Waals surface area contributed by atoms with Crippen LogP contribution in [0.15, 0.2) is 70.0 Å². The average molecular weight is 580 g/mol. The normalized spacial score (nSPS) is 14.1. The molecule has 186 valence electrons. The number of ether oxygens (including phenoxy) is 2. The minimum Gasteiger partial charge on any atom is -0.493 e. The van der Waals surface area contributed by atoms with Gasteiger partial charge in [0.1, 0.15) is 6.61 Å². The number of carbonyl (C=O) groups excluding carboxylic acids is 2. The van der Waals surface area contributed by atoms with Gasteiger partial charge in [-0.05, 0) is 68.7 Å². The van der Waals surface area contributed by atoms with Crippen LogP contribution in [0.5, 0.6) is 11.5 Å². The summed E-state index contributed by atoms with van der Waals surface area (Å²) in [6.07, 6.45) is 1.58. The first-order valence-corrected chi connectivity index (χ1v) is 12.4. The molecule has 0 radical (unpaired) electrons. The standard InChI is InChI=1S/C26H18BrN3O6S/c1-35-22-11-17(10-21(27)24(22)36-15-16-5-4-8-20(9-16)30(33)34)12-23-25(31)29(26(32)37-23)14-19-7-3-2-6-18(19)13-28/h2-12H,14-15H2,1H3/b23-12+. The van der Waals surface area contributed by atoms with Crippen molar-refractivity contribution in [3.8, 4) is 17.6 Å². The quantitative estimate of drug-likeness (QED) is 0.179. The lowest BCUT2D eigenvalue weighted by molar-refractivity contribution is -0.384. The van der Waals surface area contributed by atoms with E-state index in [1.807, 2.05) is 0 Å². The Bertz CT molecular complexity index is 1480. The fourth-order valence-electron chi connectivity index (χ4n) is 3.60. The van der Waals surface area contributed by atoms with Crippen molar-refractivity contribution in [2.75, 3.05) is 7.11 Å². The van der Waals surface area contributed by atoms with E-state index in [9.17, 15) is 25.0 Å². The number of rotatable bonds is 8. The highest BCUT2D eigenvalue weighted by Gasteiger charge is 2.35. The third-order valence-corrected chi connectivity index (χ3v) is 6.89. The molecule has 1 heterocycles. The first-order chi connectivity index (χ1) is 17.8. The van der Waals surface area contributed by atoms with Gasteiger partial charge in [-0.3, -0.25) is 24.6 Å². The number of nitro groups is 1. The second kappa shape index (κ2) is 11.3. The van der Waals surface area contributed by atoms with Crippen LogP contribution in [0.2, 0.25) is 0 Å². The fraction of sp³-hybridized carbons (Fsp3) is 0.115. The summed E-state index contributed by atoms with van der Waals surface area (Å²) in [6, 6.07) is 18.4. The number of hydrogen-bond donors (Lipinski definition) is 0. The number of imide groups is 1. The van der Waals surface area contributed by atoms with Gasteiger partial charge >= 0.3 is 0 Å². The fourth-order valence-corrected chi connectivity index (χ4v) is 5.02. The van der Waals surface area contributed by atoms with Crippen LogP contribution < -0.4 is 9.47 Å². The summed E-state index contributed by atoms with van der Waals surface area (Å²) in [6.45, 7) is 0.0717. The van der Waals surface area contributed by atoms with Crippen molar-refractivity contribution in [1.82, 2.24) is 4.90 Å². The highest BCUT2D eigenvalue weighted by molar-refractivity contribution is 9.10. The third kappa shape index (κ3) is 5.82. The molecule has 0 aliphatic carbocycles. The second-order valence-electron chi connectivity index (χ2n) is 7.79. The SMILES string of the molecule is COc1cc(/C=C2/SC(=O)N(Cc3ccccc3C#N)C2=O)cc(Br)c1OCc1cccc([N+](=O)[O-])c1. The van der Waals surface area contributed by atoms with E-state index >= 15 is 0 Å². The summed E-state index contributed by atoms with van der Waals surface area (Å²) in [5, 5.41) is 19.9. The number of hydrogen-bond acceptors (Lipinski definition) is 8. The van der Waals surface area contributed by atoms with Crippen LogP contribution in [0.3, 0.4) is 0 Å². The topological polar surface area (TPSA) is 123 Å². The molecule has 1 fully saturated rings. The molecule has 0 aromatic heterocycles. The number of methoxy groups -OCH3 is 1. The Kier molecular flexibility index (Phi) is 7.91. The Morgan fingerprint density at radius 1 is 1.16 bits per heavy atom. The monoisotopic (exact) mass is 579 g/mol. The van der Waals surface area contributed by atoms with Gasteiger partial charge in [-0.15, -0.1) is 0 Å². The van der Waals surface area contributed by atoms with Crippen LogP contribution >= 0.6 is 27.7 Å². The van der Waals surface area contributed by atoms with Crippen molar-refractivity contribution in [2.24, 2.45) is 0 Å². The summed E-state index contributed by atoms with van der Waals surface area (Å²) in [5.41, 5.74) is 2.16. The van der Waals surface area contributed by atoms with E-state index in [0.29, 0.717) is 38.2 Å². The van der Waals surface area contributed by atoms with Gasteiger partial charge in [-0.2, -0.15) is 5.26 Å². The first-order valence-electron chi connectivity index (χ1n) is 10.8. The van der Waals surface area contributed by atoms with E-state index < -0.39 is 16.1 Å². The molecule has 0 atom stereocenters. The molecule has 1 aliphatic rings. The van der Waals surface area contributed by atoms with Crippen molar-refractivity contribution in [2.45, 2.75) is 13.2 Å². The highest BCUT2D eigenvalue weighted by atomic mass is 79.9. The Labute approximate surface area is 224 Å². The van der Waals surface area contributed by atoms with E-state index in [0.717, 1.165) is 16.7 Å². The molecular weight excluding hydrogens is 562 g/mol. The average Bonchev–Trinajstić information content (AvgIpc) is 3.15. The van der Waals surface area contributed by atoms with E-state index in [2.05, 4.69) is 22.0 Å². The van der Waals surface area contributed by atoms with E-state index in [1.165, 1.54) is 19.2 Å². The van der Waals surface area contributed by atoms with Crippen LogP contribution in [0, 0.1) is 21.4 Å². The first kappa shape index (κ1) is 25.9. The molecule has 0 spiro atoms. The number of thioether (sulfide) groups is 1. The number of nitriles is 1. The summed E-state index contributed by atoms with van der Waals surface area (Å²) in [7, 11) is 1.46. The summed E-state index contributed by atoms with van der Waals surface area (Å²) < 4.78 is 11.9. The van der Waals surface area contributed by atoms with Gasteiger partial charge in [0, 0.05) is 12.1 Å². The van der Waals surface area contributed by atoms with Gasteiger partial charge in [0.05, 0.1) is 39.6 Å². The Morgan fingerprint density at radius 2 is 1.95 bits per heavy atom. The van der Waals surface area contributed by atoms with E-state index in [-0.39, 0.29) is 23.7 Å². The number of halogens is 1. The molecule has 1 aliphatic heterocycles. The Hall–Kier alpha value is -4.14. The zero-order valence-electron chi connectivity index (χ0n) is 19.3. The maximum absolute atomic E-state index is 13.0.